The van der Waals surface area contributed by atoms with E-state index < -0.39 is 8.07 Å². The van der Waals surface area contributed by atoms with Gasteiger partial charge in [-0.15, -0.1) is 54.1 Å². The maximum absolute atomic E-state index is 6.57. The molecule has 317 valence electrons. The molecule has 0 amide bonds. The molecule has 1 radical (unpaired) electrons. The summed E-state index contributed by atoms with van der Waals surface area (Å²) in [5, 5.41) is 4.67. The smallest absolute Gasteiger partial charge is 0.120 e. The summed E-state index contributed by atoms with van der Waals surface area (Å²) in [6, 6.07) is 53.1. The number of aromatic nitrogens is 4. The zero-order chi connectivity index (χ0) is 43.3. The van der Waals surface area contributed by atoms with E-state index in [2.05, 4.69) is 186 Å². The van der Waals surface area contributed by atoms with Crippen molar-refractivity contribution in [3.63, 3.8) is 0 Å². The van der Waals surface area contributed by atoms with Crippen LogP contribution in [0.3, 0.4) is 0 Å². The third-order valence-electron chi connectivity index (χ3n) is 11.9. The standard InChI is InChI=1S/C41H34N3O.C15H18NSi.Ir/c1-24(2)33-22-28(27-14-7-6-8-15-27)23-34(25(3)4)38(33)44-39-31-17-9-11-20-35(31)42-26(5)37(39)43-41(44)32-19-13-18-30-29-16-10-12-21-36(29)45-40(30)32;1-12-10-14(13-8-6-5-7-9-13)16-11-15(12)17(2,3)4;/h6-18,20-25H,1-5H3;5-8,10-11H,1-4H3;/q2*-1;. The van der Waals surface area contributed by atoms with Crippen LogP contribution in [0.15, 0.2) is 144 Å². The van der Waals surface area contributed by atoms with Gasteiger partial charge < -0.3 is 14.0 Å². The summed E-state index contributed by atoms with van der Waals surface area (Å²) in [5.41, 5.74) is 15.9. The molecule has 7 heteroatoms. The Morgan fingerprint density at radius 2 is 1.32 bits per heavy atom. The normalized spacial score (nSPS) is 11.7. The van der Waals surface area contributed by atoms with Crippen molar-refractivity contribution in [3.8, 4) is 39.5 Å². The molecular weight excluding hydrogens is 965 g/mol. The van der Waals surface area contributed by atoms with Crippen molar-refractivity contribution in [1.29, 1.82) is 0 Å². The number of benzene rings is 6. The van der Waals surface area contributed by atoms with Crippen LogP contribution < -0.4 is 5.19 Å². The molecule has 0 aliphatic carbocycles. The van der Waals surface area contributed by atoms with Gasteiger partial charge in [0.25, 0.3) is 0 Å². The van der Waals surface area contributed by atoms with Crippen molar-refractivity contribution in [1.82, 2.24) is 19.5 Å². The molecule has 0 aliphatic rings. The molecule has 63 heavy (non-hydrogen) atoms. The van der Waals surface area contributed by atoms with Crippen LogP contribution in [0.2, 0.25) is 19.6 Å². The number of imidazole rings is 1. The molecular formula is C56H52IrN4OSi-2. The number of pyridine rings is 2. The van der Waals surface area contributed by atoms with Gasteiger partial charge in [0, 0.05) is 42.8 Å². The fourth-order valence-electron chi connectivity index (χ4n) is 8.82. The summed E-state index contributed by atoms with van der Waals surface area (Å²) in [6.45, 7) is 20.4. The van der Waals surface area contributed by atoms with Gasteiger partial charge in [0.1, 0.15) is 5.58 Å². The Kier molecular flexibility index (Phi) is 12.2. The fourth-order valence-corrected chi connectivity index (χ4v) is 10.5. The van der Waals surface area contributed by atoms with Gasteiger partial charge in [-0.1, -0.05) is 137 Å². The second-order valence-electron chi connectivity index (χ2n) is 18.0. The van der Waals surface area contributed by atoms with Crippen LogP contribution in [0.1, 0.15) is 61.9 Å². The third kappa shape index (κ3) is 8.22. The number of rotatable bonds is 7. The molecule has 0 atom stereocenters. The fraction of sp³-hybridized carbons (Fsp3) is 0.196. The molecule has 0 aliphatic heterocycles. The minimum atomic E-state index is -1.27. The van der Waals surface area contributed by atoms with Gasteiger partial charge in [0.2, 0.25) is 0 Å². The van der Waals surface area contributed by atoms with E-state index >= 15 is 0 Å². The van der Waals surface area contributed by atoms with Gasteiger partial charge in [-0.25, -0.2) is 0 Å². The number of nitrogens with zero attached hydrogens (tertiary/aromatic N) is 4. The number of para-hydroxylation sites is 2. The summed E-state index contributed by atoms with van der Waals surface area (Å²) in [5.74, 6) is 1.32. The van der Waals surface area contributed by atoms with Crippen molar-refractivity contribution < 1.29 is 24.5 Å². The number of furan rings is 1. The summed E-state index contributed by atoms with van der Waals surface area (Å²) in [7, 11) is -1.27. The van der Waals surface area contributed by atoms with E-state index in [1.807, 2.05) is 36.4 Å². The van der Waals surface area contributed by atoms with Crippen molar-refractivity contribution >= 4 is 57.1 Å². The Labute approximate surface area is 385 Å². The molecule has 4 heterocycles. The number of fused-ring (bicyclic) bond motifs is 6. The molecule has 0 spiro atoms. The first-order valence-electron chi connectivity index (χ1n) is 21.7. The van der Waals surface area contributed by atoms with Crippen LogP contribution in [0, 0.1) is 26.0 Å². The topological polar surface area (TPSA) is 56.7 Å². The van der Waals surface area contributed by atoms with Crippen LogP contribution in [0.4, 0.5) is 0 Å². The molecule has 0 fully saturated rings. The Hall–Kier alpha value is -5.98. The van der Waals surface area contributed by atoms with Crippen LogP contribution >= 0.6 is 0 Å². The Balaban J connectivity index is 0.000000255. The number of aryl methyl sites for hydroxylation is 2. The van der Waals surface area contributed by atoms with Gasteiger partial charge in [0.15, 0.2) is 0 Å². The third-order valence-corrected chi connectivity index (χ3v) is 14.0. The first-order chi connectivity index (χ1) is 29.9. The van der Waals surface area contributed by atoms with E-state index in [4.69, 9.17) is 14.4 Å². The van der Waals surface area contributed by atoms with Gasteiger partial charge in [0.05, 0.1) is 41.7 Å². The minimum Gasteiger partial charge on any atom is -0.501 e. The summed E-state index contributed by atoms with van der Waals surface area (Å²) in [6.07, 6.45) is 2.05. The van der Waals surface area contributed by atoms with Crippen molar-refractivity contribution in [2.45, 2.75) is 73.0 Å². The summed E-state index contributed by atoms with van der Waals surface area (Å²) in [4.78, 5) is 15.0. The summed E-state index contributed by atoms with van der Waals surface area (Å²) >= 11 is 0. The van der Waals surface area contributed by atoms with E-state index in [-0.39, 0.29) is 31.9 Å². The van der Waals surface area contributed by atoms with E-state index in [1.54, 1.807) is 0 Å². The van der Waals surface area contributed by atoms with Crippen LogP contribution in [0.5, 0.6) is 0 Å². The van der Waals surface area contributed by atoms with Crippen LogP contribution in [-0.2, 0) is 20.1 Å². The Morgan fingerprint density at radius 3 is 1.98 bits per heavy atom. The number of hydrogen-bond acceptors (Lipinski definition) is 4. The first-order valence-corrected chi connectivity index (χ1v) is 25.2. The summed E-state index contributed by atoms with van der Waals surface area (Å²) < 4.78 is 8.97. The predicted molar refractivity (Wildman–Crippen MR) is 262 cm³/mol. The SMILES string of the molecule is Cc1cc(-c2[c-]cccc2)ncc1[Si](C)(C)C.Cc1nc2ccccc2c2c1nc(-c1[c-]ccc3c1oc1ccccc13)n2-c1c(C(C)C)cc(-c2ccccc2)cc1C(C)C.[Ir]. The van der Waals surface area contributed by atoms with E-state index in [0.29, 0.717) is 0 Å². The van der Waals surface area contributed by atoms with Crippen LogP contribution in [-0.4, -0.2) is 27.6 Å². The molecule has 0 saturated heterocycles. The minimum absolute atomic E-state index is 0. The van der Waals surface area contributed by atoms with Crippen molar-refractivity contribution in [2.75, 3.05) is 0 Å². The molecule has 5 nitrogen and oxygen atoms in total. The first kappa shape index (κ1) is 43.7. The van der Waals surface area contributed by atoms with E-state index in [0.717, 1.165) is 72.2 Å². The molecule has 0 N–H and O–H groups in total. The zero-order valence-electron chi connectivity index (χ0n) is 37.5. The monoisotopic (exact) mass is 1020 g/mol. The number of hydrogen-bond donors (Lipinski definition) is 0. The molecule has 4 aromatic heterocycles. The Morgan fingerprint density at radius 1 is 0.651 bits per heavy atom. The molecule has 6 aromatic carbocycles. The average Bonchev–Trinajstić information content (AvgIpc) is 3.86. The average molecular weight is 1020 g/mol. The molecule has 0 saturated carbocycles. The van der Waals surface area contributed by atoms with Gasteiger partial charge >= 0.3 is 0 Å². The largest absolute Gasteiger partial charge is 0.501 e. The Bertz CT molecular complexity index is 3220. The second kappa shape index (κ2) is 17.6. The zero-order valence-corrected chi connectivity index (χ0v) is 40.9. The maximum Gasteiger partial charge on any atom is 0.120 e. The molecule has 0 unspecified atom stereocenters. The second-order valence-corrected chi connectivity index (χ2v) is 23.0. The van der Waals surface area contributed by atoms with Crippen molar-refractivity contribution in [3.05, 3.63) is 174 Å². The van der Waals surface area contributed by atoms with Gasteiger partial charge in [-0.3, -0.25) is 9.97 Å². The predicted octanol–water partition coefficient (Wildman–Crippen LogP) is 14.6. The maximum atomic E-state index is 6.57. The van der Waals surface area contributed by atoms with E-state index in [1.165, 1.54) is 38.7 Å². The van der Waals surface area contributed by atoms with E-state index in [9.17, 15) is 0 Å². The van der Waals surface area contributed by atoms with Crippen LogP contribution in [0.25, 0.3) is 83.3 Å². The van der Waals surface area contributed by atoms with Gasteiger partial charge in [-0.2, -0.15) is 0 Å². The van der Waals surface area contributed by atoms with Gasteiger partial charge in [-0.05, 0) is 83.1 Å². The molecule has 0 bridgehead atoms. The van der Waals surface area contributed by atoms with Crippen molar-refractivity contribution in [2.24, 2.45) is 0 Å². The quantitative estimate of drug-likeness (QED) is 0.118. The molecule has 10 aromatic rings. The molecule has 10 rings (SSSR count).